The fraction of sp³-hybridized carbons (Fsp3) is 0.167. The van der Waals surface area contributed by atoms with Crippen molar-refractivity contribution in [1.29, 1.82) is 0 Å². The number of amidine groups is 1. The fourth-order valence-corrected chi connectivity index (χ4v) is 2.13. The summed E-state index contributed by atoms with van der Waals surface area (Å²) in [4.78, 5) is 0. The molecule has 1 aliphatic heterocycles. The highest BCUT2D eigenvalue weighted by atomic mass is 35.5. The lowest BCUT2D eigenvalue weighted by Crippen LogP contribution is -2.27. The number of nitrogens with two attached hydrogens (primary N) is 1. The quantitative estimate of drug-likeness (QED) is 0.614. The van der Waals surface area contributed by atoms with Crippen molar-refractivity contribution in [3.63, 3.8) is 0 Å². The summed E-state index contributed by atoms with van der Waals surface area (Å²) >= 11 is 12.3. The minimum absolute atomic E-state index is 0.577. The van der Waals surface area contributed by atoms with Crippen molar-refractivity contribution in [1.82, 2.24) is 5.43 Å². The van der Waals surface area contributed by atoms with Gasteiger partial charge in [-0.2, -0.15) is 10.2 Å². The van der Waals surface area contributed by atoms with Crippen LogP contribution in [0.5, 0.6) is 0 Å². The van der Waals surface area contributed by atoms with Gasteiger partial charge in [-0.05, 0) is 30.7 Å². The zero-order valence-electron chi connectivity index (χ0n) is 9.74. The number of hydrazone groups is 2. The molecule has 0 amide bonds. The second kappa shape index (κ2) is 5.42. The van der Waals surface area contributed by atoms with E-state index in [9.17, 15) is 0 Å². The van der Waals surface area contributed by atoms with Crippen molar-refractivity contribution in [3.05, 3.63) is 39.4 Å². The molecule has 0 fully saturated rings. The minimum atomic E-state index is 0.577. The van der Waals surface area contributed by atoms with E-state index >= 15 is 0 Å². The Morgan fingerprint density at radius 3 is 2.67 bits per heavy atom. The van der Waals surface area contributed by atoms with Crippen LogP contribution < -0.4 is 11.3 Å². The van der Waals surface area contributed by atoms with Gasteiger partial charge in [0.15, 0.2) is 0 Å². The van der Waals surface area contributed by atoms with E-state index in [2.05, 4.69) is 15.6 Å². The van der Waals surface area contributed by atoms with Crippen molar-refractivity contribution >= 4 is 40.8 Å². The molecule has 0 unspecified atom stereocenters. The highest BCUT2D eigenvalue weighted by molar-refractivity contribution is 6.37. The van der Waals surface area contributed by atoms with E-state index in [0.29, 0.717) is 22.3 Å². The summed E-state index contributed by atoms with van der Waals surface area (Å²) in [5.41, 5.74) is 5.39. The van der Waals surface area contributed by atoms with Crippen LogP contribution in [0.4, 0.5) is 0 Å². The molecular weight excluding hydrogens is 271 g/mol. The monoisotopic (exact) mass is 282 g/mol. The van der Waals surface area contributed by atoms with Crippen LogP contribution in [0.1, 0.15) is 18.9 Å². The summed E-state index contributed by atoms with van der Waals surface area (Å²) in [5, 5.41) is 8.94. The van der Waals surface area contributed by atoms with Gasteiger partial charge in [0, 0.05) is 22.0 Å². The average Bonchev–Trinajstić information content (AvgIpc) is 2.36. The van der Waals surface area contributed by atoms with Crippen LogP contribution in [0.3, 0.4) is 0 Å². The molecule has 1 aliphatic rings. The van der Waals surface area contributed by atoms with E-state index in [1.807, 2.05) is 19.1 Å². The molecule has 0 spiro atoms. The van der Waals surface area contributed by atoms with E-state index in [1.165, 1.54) is 0 Å². The predicted molar refractivity (Wildman–Crippen MR) is 76.9 cm³/mol. The topological polar surface area (TPSA) is 62.8 Å². The molecule has 3 N–H and O–H groups in total. The molecular formula is C12H12Cl2N4. The first kappa shape index (κ1) is 12.9. The second-order valence-corrected chi connectivity index (χ2v) is 4.68. The predicted octanol–water partition coefficient (Wildman–Crippen LogP) is 3.02. The number of hydrogen-bond donors (Lipinski definition) is 2. The number of hydrogen-bond acceptors (Lipinski definition) is 3. The molecule has 1 heterocycles. The minimum Gasteiger partial charge on any atom is -0.322 e. The molecule has 0 radical (unpaired) electrons. The number of halogens is 2. The van der Waals surface area contributed by atoms with Crippen molar-refractivity contribution in [2.45, 2.75) is 13.3 Å². The Balaban J connectivity index is 2.44. The van der Waals surface area contributed by atoms with E-state index in [1.54, 1.807) is 12.1 Å². The van der Waals surface area contributed by atoms with Gasteiger partial charge in [0.1, 0.15) is 5.84 Å². The molecule has 6 heteroatoms. The van der Waals surface area contributed by atoms with Gasteiger partial charge >= 0.3 is 0 Å². The molecule has 0 saturated carbocycles. The molecule has 0 aromatic heterocycles. The zero-order valence-corrected chi connectivity index (χ0v) is 11.3. The number of rotatable bonds is 1. The third-order valence-electron chi connectivity index (χ3n) is 2.65. The Hall–Kier alpha value is -1.52. The van der Waals surface area contributed by atoms with E-state index < -0.39 is 0 Å². The molecule has 0 saturated heterocycles. The molecule has 18 heavy (non-hydrogen) atoms. The fourth-order valence-electron chi connectivity index (χ4n) is 1.62. The summed E-state index contributed by atoms with van der Waals surface area (Å²) in [6.45, 7) is 1.90. The van der Waals surface area contributed by atoms with Gasteiger partial charge in [-0.25, -0.2) is 0 Å². The van der Waals surface area contributed by atoms with Crippen molar-refractivity contribution in [2.75, 3.05) is 0 Å². The maximum atomic E-state index is 6.13. The standard InChI is InChI=1S/C12H12Cl2N4/c1-7-8(6-12(16-15)18-17-7)5-9-10(13)3-2-4-11(9)14/h2-5H,6,15H2,1H3,(H,16,18)/b8-5+. The van der Waals surface area contributed by atoms with Crippen molar-refractivity contribution < 1.29 is 0 Å². The normalized spacial score (nSPS) is 19.8. The van der Waals surface area contributed by atoms with Crippen molar-refractivity contribution in [3.8, 4) is 0 Å². The van der Waals surface area contributed by atoms with E-state index in [0.717, 1.165) is 16.8 Å². The lowest BCUT2D eigenvalue weighted by Gasteiger charge is -2.15. The average molecular weight is 283 g/mol. The Morgan fingerprint density at radius 1 is 1.39 bits per heavy atom. The number of nitrogens with zero attached hydrogens (tertiary/aromatic N) is 2. The van der Waals surface area contributed by atoms with Gasteiger partial charge in [-0.1, -0.05) is 29.3 Å². The first-order valence-corrected chi connectivity index (χ1v) is 6.09. The summed E-state index contributed by atoms with van der Waals surface area (Å²) in [6.07, 6.45) is 2.49. The van der Waals surface area contributed by atoms with Gasteiger partial charge in [0.05, 0.1) is 5.71 Å². The third-order valence-corrected chi connectivity index (χ3v) is 3.31. The van der Waals surface area contributed by atoms with Gasteiger partial charge in [-0.3, -0.25) is 5.43 Å². The Kier molecular flexibility index (Phi) is 3.89. The Labute approximate surface area is 115 Å². The maximum absolute atomic E-state index is 6.13. The highest BCUT2D eigenvalue weighted by Crippen LogP contribution is 2.28. The highest BCUT2D eigenvalue weighted by Gasteiger charge is 2.14. The molecule has 4 nitrogen and oxygen atoms in total. The summed E-state index contributed by atoms with van der Waals surface area (Å²) < 4.78 is 0. The maximum Gasteiger partial charge on any atom is 0.146 e. The van der Waals surface area contributed by atoms with Gasteiger partial charge < -0.3 is 5.84 Å². The first-order chi connectivity index (χ1) is 8.61. The molecule has 0 atom stereocenters. The second-order valence-electron chi connectivity index (χ2n) is 3.87. The van der Waals surface area contributed by atoms with Crippen molar-refractivity contribution in [2.24, 2.45) is 16.0 Å². The smallest absolute Gasteiger partial charge is 0.146 e. The van der Waals surface area contributed by atoms with Crippen LogP contribution in [0.25, 0.3) is 6.08 Å². The molecule has 2 rings (SSSR count). The van der Waals surface area contributed by atoms with Crippen LogP contribution in [-0.4, -0.2) is 11.5 Å². The summed E-state index contributed by atoms with van der Waals surface area (Å²) in [7, 11) is 0. The van der Waals surface area contributed by atoms with Crippen LogP contribution in [0.2, 0.25) is 10.0 Å². The molecule has 1 aromatic rings. The molecule has 94 valence electrons. The lowest BCUT2D eigenvalue weighted by atomic mass is 10.0. The number of nitrogens with one attached hydrogen (secondary N) is 1. The van der Waals surface area contributed by atoms with Crippen LogP contribution in [0.15, 0.2) is 34.0 Å². The van der Waals surface area contributed by atoms with Gasteiger partial charge in [0.2, 0.25) is 0 Å². The van der Waals surface area contributed by atoms with E-state index in [4.69, 9.17) is 29.0 Å². The summed E-state index contributed by atoms with van der Waals surface area (Å²) in [5.74, 6) is 5.85. The molecule has 0 bridgehead atoms. The SMILES string of the molecule is CC1=NN/C(=N\N)C/C1=C\c1c(Cl)cccc1Cl. The zero-order chi connectivity index (χ0) is 13.1. The van der Waals surface area contributed by atoms with Crippen LogP contribution in [-0.2, 0) is 0 Å². The first-order valence-electron chi connectivity index (χ1n) is 5.34. The molecule has 1 aromatic carbocycles. The van der Waals surface area contributed by atoms with Crippen LogP contribution in [0, 0.1) is 0 Å². The number of benzene rings is 1. The van der Waals surface area contributed by atoms with Gasteiger partial charge in [-0.15, -0.1) is 0 Å². The summed E-state index contributed by atoms with van der Waals surface area (Å²) in [6, 6.07) is 5.40. The third kappa shape index (κ3) is 2.66. The lowest BCUT2D eigenvalue weighted by molar-refractivity contribution is 0.944. The molecule has 0 aliphatic carbocycles. The largest absolute Gasteiger partial charge is 0.322 e. The van der Waals surface area contributed by atoms with Crippen LogP contribution >= 0.6 is 23.2 Å². The Bertz CT molecular complexity index is 541. The Morgan fingerprint density at radius 2 is 2.06 bits per heavy atom. The van der Waals surface area contributed by atoms with Gasteiger partial charge in [0.25, 0.3) is 0 Å². The van der Waals surface area contributed by atoms with E-state index in [-0.39, 0.29) is 0 Å².